The first-order valence-electron chi connectivity index (χ1n) is 8.18. The SMILES string of the molecule is CC(C)COCC(O)CN(Cc1ccccc1)Cc1ccco1. The van der Waals surface area contributed by atoms with Crippen LogP contribution in [-0.4, -0.2) is 35.9 Å². The number of benzene rings is 1. The summed E-state index contributed by atoms with van der Waals surface area (Å²) in [6.45, 7) is 7.23. The Kier molecular flexibility index (Phi) is 7.33. The molecule has 1 N–H and O–H groups in total. The van der Waals surface area contributed by atoms with Crippen LogP contribution in [0, 0.1) is 5.92 Å². The van der Waals surface area contributed by atoms with Crippen molar-refractivity contribution in [3.05, 3.63) is 60.1 Å². The van der Waals surface area contributed by atoms with Crippen LogP contribution >= 0.6 is 0 Å². The van der Waals surface area contributed by atoms with Gasteiger partial charge in [-0.3, -0.25) is 4.90 Å². The average molecular weight is 317 g/mol. The molecular weight excluding hydrogens is 290 g/mol. The molecule has 126 valence electrons. The largest absolute Gasteiger partial charge is 0.468 e. The van der Waals surface area contributed by atoms with Gasteiger partial charge in [-0.05, 0) is 23.6 Å². The third-order valence-corrected chi connectivity index (χ3v) is 3.44. The van der Waals surface area contributed by atoms with Crippen LogP contribution in [0.5, 0.6) is 0 Å². The summed E-state index contributed by atoms with van der Waals surface area (Å²) in [6.07, 6.45) is 1.17. The molecule has 0 bridgehead atoms. The first-order chi connectivity index (χ1) is 11.1. The standard InChI is InChI=1S/C19H27NO3/c1-16(2)14-22-15-18(21)12-20(13-19-9-6-10-23-19)11-17-7-4-3-5-8-17/h3-10,16,18,21H,11-15H2,1-2H3. The lowest BCUT2D eigenvalue weighted by atomic mass is 10.2. The molecule has 0 aliphatic heterocycles. The molecule has 0 fully saturated rings. The first-order valence-corrected chi connectivity index (χ1v) is 8.18. The molecule has 1 heterocycles. The minimum atomic E-state index is -0.507. The number of nitrogens with zero attached hydrogens (tertiary/aromatic N) is 1. The zero-order valence-corrected chi connectivity index (χ0v) is 14.0. The van der Waals surface area contributed by atoms with E-state index in [-0.39, 0.29) is 0 Å². The fraction of sp³-hybridized carbons (Fsp3) is 0.474. The summed E-state index contributed by atoms with van der Waals surface area (Å²) in [6, 6.07) is 14.1. The molecule has 0 aliphatic carbocycles. The van der Waals surface area contributed by atoms with Crippen molar-refractivity contribution in [1.82, 2.24) is 4.90 Å². The Labute approximate surface area is 138 Å². The summed E-state index contributed by atoms with van der Waals surface area (Å²) in [5.74, 6) is 1.38. The highest BCUT2D eigenvalue weighted by Gasteiger charge is 2.14. The summed E-state index contributed by atoms with van der Waals surface area (Å²) in [4.78, 5) is 2.18. The number of aliphatic hydroxyl groups excluding tert-OH is 1. The van der Waals surface area contributed by atoms with E-state index in [1.54, 1.807) is 6.26 Å². The number of aliphatic hydroxyl groups is 1. The van der Waals surface area contributed by atoms with Gasteiger partial charge in [0.25, 0.3) is 0 Å². The molecule has 2 rings (SSSR count). The van der Waals surface area contributed by atoms with E-state index in [0.717, 1.165) is 12.3 Å². The van der Waals surface area contributed by atoms with E-state index < -0.39 is 6.10 Å². The molecule has 4 nitrogen and oxygen atoms in total. The van der Waals surface area contributed by atoms with Gasteiger partial charge in [-0.25, -0.2) is 0 Å². The second-order valence-electron chi connectivity index (χ2n) is 6.32. The monoisotopic (exact) mass is 317 g/mol. The quantitative estimate of drug-likeness (QED) is 0.730. The highest BCUT2D eigenvalue weighted by molar-refractivity contribution is 5.14. The highest BCUT2D eigenvalue weighted by atomic mass is 16.5. The Hall–Kier alpha value is -1.62. The van der Waals surface area contributed by atoms with Crippen LogP contribution in [0.2, 0.25) is 0 Å². The van der Waals surface area contributed by atoms with E-state index in [0.29, 0.717) is 32.2 Å². The fourth-order valence-corrected chi connectivity index (χ4v) is 2.44. The van der Waals surface area contributed by atoms with Gasteiger partial charge in [0.1, 0.15) is 5.76 Å². The summed E-state index contributed by atoms with van der Waals surface area (Å²) >= 11 is 0. The van der Waals surface area contributed by atoms with Gasteiger partial charge in [0.15, 0.2) is 0 Å². The predicted molar refractivity (Wildman–Crippen MR) is 90.9 cm³/mol. The van der Waals surface area contributed by atoms with Crippen LogP contribution in [0.15, 0.2) is 53.1 Å². The molecule has 1 aromatic carbocycles. The van der Waals surface area contributed by atoms with Crippen molar-refractivity contribution >= 4 is 0 Å². The molecule has 1 unspecified atom stereocenters. The van der Waals surface area contributed by atoms with Gasteiger partial charge in [-0.15, -0.1) is 0 Å². The van der Waals surface area contributed by atoms with Crippen molar-refractivity contribution < 1.29 is 14.3 Å². The maximum Gasteiger partial charge on any atom is 0.117 e. The first kappa shape index (κ1) is 17.7. The Bertz CT molecular complexity index is 525. The highest BCUT2D eigenvalue weighted by Crippen LogP contribution is 2.11. The minimum absolute atomic E-state index is 0.363. The maximum atomic E-state index is 10.2. The van der Waals surface area contributed by atoms with E-state index in [4.69, 9.17) is 9.15 Å². The van der Waals surface area contributed by atoms with E-state index >= 15 is 0 Å². The van der Waals surface area contributed by atoms with Crippen LogP contribution in [0.25, 0.3) is 0 Å². The molecule has 0 saturated carbocycles. The molecule has 0 saturated heterocycles. The lowest BCUT2D eigenvalue weighted by Gasteiger charge is -2.24. The molecule has 4 heteroatoms. The van der Waals surface area contributed by atoms with Crippen molar-refractivity contribution in [1.29, 1.82) is 0 Å². The van der Waals surface area contributed by atoms with Crippen LogP contribution in [0.1, 0.15) is 25.2 Å². The van der Waals surface area contributed by atoms with E-state index in [2.05, 4.69) is 30.9 Å². The summed E-state index contributed by atoms with van der Waals surface area (Å²) in [5.41, 5.74) is 1.22. The summed E-state index contributed by atoms with van der Waals surface area (Å²) in [5, 5.41) is 10.2. The van der Waals surface area contributed by atoms with Gasteiger partial charge >= 0.3 is 0 Å². The van der Waals surface area contributed by atoms with Gasteiger partial charge in [-0.1, -0.05) is 44.2 Å². The van der Waals surface area contributed by atoms with Crippen LogP contribution in [0.4, 0.5) is 0 Å². The van der Waals surface area contributed by atoms with Gasteiger partial charge in [0.2, 0.25) is 0 Å². The van der Waals surface area contributed by atoms with Gasteiger partial charge in [0.05, 0.1) is 25.5 Å². The van der Waals surface area contributed by atoms with Crippen molar-refractivity contribution in [2.45, 2.75) is 33.0 Å². The number of hydrogen-bond donors (Lipinski definition) is 1. The fourth-order valence-electron chi connectivity index (χ4n) is 2.44. The van der Waals surface area contributed by atoms with Crippen molar-refractivity contribution in [3.8, 4) is 0 Å². The van der Waals surface area contributed by atoms with E-state index in [1.165, 1.54) is 5.56 Å². The maximum absolute atomic E-state index is 10.2. The van der Waals surface area contributed by atoms with Gasteiger partial charge in [-0.2, -0.15) is 0 Å². The zero-order chi connectivity index (χ0) is 16.5. The predicted octanol–water partition coefficient (Wildman–Crippen LogP) is 3.32. The van der Waals surface area contributed by atoms with E-state index in [9.17, 15) is 5.11 Å². The lowest BCUT2D eigenvalue weighted by molar-refractivity contribution is 0.00460. The van der Waals surface area contributed by atoms with Crippen molar-refractivity contribution in [2.75, 3.05) is 19.8 Å². The van der Waals surface area contributed by atoms with E-state index in [1.807, 2.05) is 30.3 Å². The molecule has 1 atom stereocenters. The van der Waals surface area contributed by atoms with Gasteiger partial charge in [0, 0.05) is 19.7 Å². The lowest BCUT2D eigenvalue weighted by Crippen LogP contribution is -2.34. The molecule has 0 amide bonds. The second-order valence-corrected chi connectivity index (χ2v) is 6.32. The van der Waals surface area contributed by atoms with Crippen LogP contribution in [0.3, 0.4) is 0 Å². The van der Waals surface area contributed by atoms with Crippen LogP contribution in [-0.2, 0) is 17.8 Å². The van der Waals surface area contributed by atoms with Crippen molar-refractivity contribution in [3.63, 3.8) is 0 Å². The molecule has 0 spiro atoms. The Balaban J connectivity index is 1.90. The molecule has 0 radical (unpaired) electrons. The Morgan fingerprint density at radius 3 is 2.48 bits per heavy atom. The Morgan fingerprint density at radius 2 is 1.83 bits per heavy atom. The number of ether oxygens (including phenoxy) is 1. The molecule has 1 aromatic heterocycles. The summed E-state index contributed by atoms with van der Waals surface area (Å²) < 4.78 is 11.0. The number of hydrogen-bond acceptors (Lipinski definition) is 4. The average Bonchev–Trinajstić information content (AvgIpc) is 3.00. The zero-order valence-electron chi connectivity index (χ0n) is 14.0. The second kappa shape index (κ2) is 9.50. The van der Waals surface area contributed by atoms with Crippen molar-refractivity contribution in [2.24, 2.45) is 5.92 Å². The molecule has 0 aliphatic rings. The van der Waals surface area contributed by atoms with Gasteiger partial charge < -0.3 is 14.3 Å². The third-order valence-electron chi connectivity index (χ3n) is 3.44. The topological polar surface area (TPSA) is 45.8 Å². The molecular formula is C19H27NO3. The molecule has 2 aromatic rings. The third kappa shape index (κ3) is 6.99. The minimum Gasteiger partial charge on any atom is -0.468 e. The smallest absolute Gasteiger partial charge is 0.117 e. The van der Waals surface area contributed by atoms with Crippen LogP contribution < -0.4 is 0 Å². The summed E-state index contributed by atoms with van der Waals surface area (Å²) in [7, 11) is 0. The number of rotatable bonds is 10. The number of furan rings is 1. The molecule has 23 heavy (non-hydrogen) atoms. The Morgan fingerprint density at radius 1 is 1.04 bits per heavy atom. The normalized spacial score (nSPS) is 12.9.